The van der Waals surface area contributed by atoms with E-state index in [2.05, 4.69) is 20.6 Å². The van der Waals surface area contributed by atoms with Crippen molar-refractivity contribution in [1.29, 1.82) is 0 Å². The van der Waals surface area contributed by atoms with Crippen LogP contribution >= 0.6 is 11.8 Å². The minimum atomic E-state index is -0.184. The van der Waals surface area contributed by atoms with E-state index >= 15 is 0 Å². The van der Waals surface area contributed by atoms with E-state index in [4.69, 9.17) is 14.2 Å². The highest BCUT2D eigenvalue weighted by Gasteiger charge is 2.15. The maximum absolute atomic E-state index is 12.3. The fraction of sp³-hybridized carbons (Fsp3) is 0.294. The van der Waals surface area contributed by atoms with Crippen molar-refractivity contribution in [3.63, 3.8) is 0 Å². The average Bonchev–Trinajstić information content (AvgIpc) is 3.05. The molecule has 0 saturated carbocycles. The first kappa shape index (κ1) is 18.8. The highest BCUT2D eigenvalue weighted by Crippen LogP contribution is 2.39. The van der Waals surface area contributed by atoms with Crippen molar-refractivity contribution in [2.75, 3.05) is 32.4 Å². The molecule has 1 aromatic carbocycles. The Kier molecular flexibility index (Phi) is 5.65. The van der Waals surface area contributed by atoms with E-state index in [1.807, 2.05) is 13.0 Å². The summed E-state index contributed by atoms with van der Waals surface area (Å²) >= 11 is 1.32. The summed E-state index contributed by atoms with van der Waals surface area (Å²) in [6.45, 7) is 1.82. The van der Waals surface area contributed by atoms with Crippen LogP contribution in [0.25, 0.3) is 5.65 Å². The molecule has 0 unspecified atom stereocenters. The van der Waals surface area contributed by atoms with Crippen LogP contribution in [0.2, 0.25) is 0 Å². The first-order valence-electron chi connectivity index (χ1n) is 7.97. The van der Waals surface area contributed by atoms with Gasteiger partial charge in [-0.05, 0) is 19.1 Å². The van der Waals surface area contributed by atoms with Gasteiger partial charge >= 0.3 is 0 Å². The lowest BCUT2D eigenvalue weighted by molar-refractivity contribution is -0.113. The standard InChI is InChI=1S/C17H19N5O4S/c1-10-19-20-14-5-6-16(21-22(10)14)27-9-15(23)18-11-7-12(24-2)17(26-4)13(8-11)25-3/h5-8H,9H2,1-4H3,(H,18,23). The van der Waals surface area contributed by atoms with Crippen molar-refractivity contribution < 1.29 is 19.0 Å². The molecule has 0 aliphatic heterocycles. The Hall–Kier alpha value is -3.01. The molecule has 0 atom stereocenters. The Bertz CT molecular complexity index is 950. The molecule has 2 aromatic heterocycles. The van der Waals surface area contributed by atoms with Crippen LogP contribution in [0.4, 0.5) is 5.69 Å². The summed E-state index contributed by atoms with van der Waals surface area (Å²) in [5.74, 6) is 2.10. The molecule has 1 amide bonds. The largest absolute Gasteiger partial charge is 0.493 e. The molecule has 2 heterocycles. The molecule has 0 saturated heterocycles. The van der Waals surface area contributed by atoms with Crippen LogP contribution in [0.3, 0.4) is 0 Å². The van der Waals surface area contributed by atoms with Gasteiger partial charge in [0.2, 0.25) is 11.7 Å². The lowest BCUT2D eigenvalue weighted by Gasteiger charge is -2.14. The number of hydrogen-bond acceptors (Lipinski definition) is 8. The molecule has 0 fully saturated rings. The van der Waals surface area contributed by atoms with Crippen LogP contribution in [-0.2, 0) is 4.79 Å². The number of methoxy groups -OCH3 is 3. The van der Waals surface area contributed by atoms with Gasteiger partial charge in [-0.25, -0.2) is 0 Å². The van der Waals surface area contributed by atoms with Crippen LogP contribution in [0.1, 0.15) is 5.82 Å². The van der Waals surface area contributed by atoms with Crippen molar-refractivity contribution in [2.24, 2.45) is 0 Å². The van der Waals surface area contributed by atoms with Gasteiger partial charge in [-0.15, -0.1) is 10.2 Å². The third kappa shape index (κ3) is 4.05. The quantitative estimate of drug-likeness (QED) is 0.614. The topological polar surface area (TPSA) is 99.9 Å². The van der Waals surface area contributed by atoms with Gasteiger partial charge < -0.3 is 19.5 Å². The van der Waals surface area contributed by atoms with Crippen LogP contribution in [0, 0.1) is 6.92 Å². The Morgan fingerprint density at radius 2 is 1.81 bits per heavy atom. The number of nitrogens with zero attached hydrogens (tertiary/aromatic N) is 4. The van der Waals surface area contributed by atoms with Crippen molar-refractivity contribution in [3.8, 4) is 17.2 Å². The second-order valence-electron chi connectivity index (χ2n) is 5.44. The number of aromatic nitrogens is 4. The lowest BCUT2D eigenvalue weighted by Crippen LogP contribution is -2.14. The van der Waals surface area contributed by atoms with Gasteiger partial charge in [-0.3, -0.25) is 4.79 Å². The van der Waals surface area contributed by atoms with E-state index in [1.165, 1.54) is 33.1 Å². The zero-order chi connectivity index (χ0) is 19.4. The van der Waals surface area contributed by atoms with E-state index in [-0.39, 0.29) is 11.7 Å². The molecule has 0 aliphatic carbocycles. The average molecular weight is 389 g/mol. The van der Waals surface area contributed by atoms with Gasteiger partial charge in [-0.2, -0.15) is 9.61 Å². The number of ether oxygens (including phenoxy) is 3. The molecular formula is C17H19N5O4S. The van der Waals surface area contributed by atoms with E-state index in [1.54, 1.807) is 22.7 Å². The molecule has 0 radical (unpaired) electrons. The summed E-state index contributed by atoms with van der Waals surface area (Å²) in [7, 11) is 4.57. The number of nitrogens with one attached hydrogen (secondary N) is 1. The SMILES string of the molecule is COc1cc(NC(=O)CSc2ccc3nnc(C)n3n2)cc(OC)c1OC. The second kappa shape index (κ2) is 8.12. The molecule has 3 aromatic rings. The highest BCUT2D eigenvalue weighted by atomic mass is 32.2. The molecule has 0 aliphatic rings. The molecule has 9 nitrogen and oxygen atoms in total. The van der Waals surface area contributed by atoms with Crippen molar-refractivity contribution in [1.82, 2.24) is 19.8 Å². The Balaban J connectivity index is 1.68. The number of fused-ring (bicyclic) bond motifs is 1. The number of carbonyl (C=O) groups is 1. The Labute approximate surface area is 160 Å². The van der Waals surface area contributed by atoms with Crippen molar-refractivity contribution in [2.45, 2.75) is 11.9 Å². The normalized spacial score (nSPS) is 10.7. The Morgan fingerprint density at radius 1 is 1.11 bits per heavy atom. The van der Waals surface area contributed by atoms with Gasteiger partial charge in [0.25, 0.3) is 0 Å². The number of benzene rings is 1. The first-order chi connectivity index (χ1) is 13.0. The zero-order valence-electron chi connectivity index (χ0n) is 15.3. The van der Waals surface area contributed by atoms with Crippen LogP contribution < -0.4 is 19.5 Å². The number of carbonyl (C=O) groups excluding carboxylic acids is 1. The van der Waals surface area contributed by atoms with Gasteiger partial charge in [0.1, 0.15) is 5.03 Å². The molecular weight excluding hydrogens is 370 g/mol. The monoisotopic (exact) mass is 389 g/mol. The fourth-order valence-corrected chi connectivity index (χ4v) is 3.10. The van der Waals surface area contributed by atoms with E-state index in [9.17, 15) is 4.79 Å². The zero-order valence-corrected chi connectivity index (χ0v) is 16.2. The molecule has 142 valence electrons. The summed E-state index contributed by atoms with van der Waals surface area (Å²) in [6, 6.07) is 6.97. The number of thioether (sulfide) groups is 1. The van der Waals surface area contributed by atoms with E-state index < -0.39 is 0 Å². The smallest absolute Gasteiger partial charge is 0.234 e. The van der Waals surface area contributed by atoms with Crippen LogP contribution in [0.5, 0.6) is 17.2 Å². The van der Waals surface area contributed by atoms with E-state index in [0.29, 0.717) is 39.4 Å². The van der Waals surface area contributed by atoms with E-state index in [0.717, 1.165) is 0 Å². The van der Waals surface area contributed by atoms with Crippen molar-refractivity contribution >= 4 is 29.0 Å². The second-order valence-corrected chi connectivity index (χ2v) is 6.44. The third-order valence-corrected chi connectivity index (χ3v) is 4.61. The Morgan fingerprint density at radius 3 is 2.44 bits per heavy atom. The molecule has 3 rings (SSSR count). The third-order valence-electron chi connectivity index (χ3n) is 3.69. The molecule has 1 N–H and O–H groups in total. The van der Waals surface area contributed by atoms with Gasteiger partial charge in [0, 0.05) is 17.8 Å². The highest BCUT2D eigenvalue weighted by molar-refractivity contribution is 7.99. The minimum Gasteiger partial charge on any atom is -0.493 e. The van der Waals surface area contributed by atoms with Gasteiger partial charge in [0.05, 0.1) is 27.1 Å². The van der Waals surface area contributed by atoms with Gasteiger partial charge in [0.15, 0.2) is 23.0 Å². The number of anilines is 1. The number of amides is 1. The number of rotatable bonds is 7. The number of aryl methyl sites for hydroxylation is 1. The summed E-state index contributed by atoms with van der Waals surface area (Å²) in [6.07, 6.45) is 0. The van der Waals surface area contributed by atoms with Crippen LogP contribution in [-0.4, -0.2) is 52.8 Å². The lowest BCUT2D eigenvalue weighted by atomic mass is 10.2. The van der Waals surface area contributed by atoms with Gasteiger partial charge in [-0.1, -0.05) is 11.8 Å². The minimum absolute atomic E-state index is 0.184. The maximum atomic E-state index is 12.3. The summed E-state index contributed by atoms with van der Waals surface area (Å²) < 4.78 is 17.5. The fourth-order valence-electron chi connectivity index (χ4n) is 2.45. The molecule has 0 bridgehead atoms. The number of hydrogen-bond donors (Lipinski definition) is 1. The predicted molar refractivity (Wildman–Crippen MR) is 101 cm³/mol. The summed E-state index contributed by atoms with van der Waals surface area (Å²) in [4.78, 5) is 12.3. The molecule has 27 heavy (non-hydrogen) atoms. The molecule has 10 heteroatoms. The summed E-state index contributed by atoms with van der Waals surface area (Å²) in [5, 5.41) is 15.9. The predicted octanol–water partition coefficient (Wildman–Crippen LogP) is 2.19. The molecule has 0 spiro atoms. The van der Waals surface area contributed by atoms with Crippen molar-refractivity contribution in [3.05, 3.63) is 30.1 Å². The maximum Gasteiger partial charge on any atom is 0.234 e. The summed E-state index contributed by atoms with van der Waals surface area (Å²) in [5.41, 5.74) is 1.21. The first-order valence-corrected chi connectivity index (χ1v) is 8.96. The van der Waals surface area contributed by atoms with Crippen LogP contribution in [0.15, 0.2) is 29.3 Å².